The molecule has 0 bridgehead atoms. The van der Waals surface area contributed by atoms with Gasteiger partial charge in [-0.1, -0.05) is 0 Å². The smallest absolute Gasteiger partial charge is 0.315 e. The molecule has 126 valence electrons. The second-order valence-electron chi connectivity index (χ2n) is 5.36. The lowest BCUT2D eigenvalue weighted by Gasteiger charge is -2.12. The summed E-state index contributed by atoms with van der Waals surface area (Å²) in [6, 6.07) is 4.55. The number of hydrogen-bond donors (Lipinski definition) is 2. The predicted octanol–water partition coefficient (Wildman–Crippen LogP) is 0.280. The molecule has 0 aliphatic carbocycles. The Morgan fingerprint density at radius 2 is 2.13 bits per heavy atom. The summed E-state index contributed by atoms with van der Waals surface area (Å²) in [4.78, 5) is 11.7. The number of urea groups is 1. The Morgan fingerprint density at radius 1 is 1.30 bits per heavy atom. The maximum atomic E-state index is 11.7. The van der Waals surface area contributed by atoms with E-state index in [-0.39, 0.29) is 37.0 Å². The van der Waals surface area contributed by atoms with Gasteiger partial charge in [0.2, 0.25) is 6.79 Å². The molecule has 2 aliphatic heterocycles. The predicted molar refractivity (Wildman–Crippen MR) is 81.7 cm³/mol. The van der Waals surface area contributed by atoms with Crippen molar-refractivity contribution in [1.82, 2.24) is 10.6 Å². The van der Waals surface area contributed by atoms with Gasteiger partial charge in [-0.15, -0.1) is 0 Å². The van der Waals surface area contributed by atoms with Crippen molar-refractivity contribution >= 4 is 15.9 Å². The van der Waals surface area contributed by atoms with Crippen molar-refractivity contribution in [2.45, 2.75) is 12.5 Å². The minimum absolute atomic E-state index is 0.00805. The molecule has 1 atom stereocenters. The standard InChI is InChI=1S/C14H18N2O6S/c17-14(16-10-3-6-23(18,19)8-10)15-4-5-20-11-1-2-12-13(7-11)22-9-21-12/h1-2,7,10H,3-6,8-9H2,(H2,15,16,17)/t10-/m1/s1. The summed E-state index contributed by atoms with van der Waals surface area (Å²) in [6.07, 6.45) is 0.462. The summed E-state index contributed by atoms with van der Waals surface area (Å²) < 4.78 is 38.6. The zero-order chi connectivity index (χ0) is 16.3. The Labute approximate surface area is 134 Å². The molecular weight excluding hydrogens is 324 g/mol. The van der Waals surface area contributed by atoms with Gasteiger partial charge in [0.25, 0.3) is 0 Å². The Bertz CT molecular complexity index is 691. The van der Waals surface area contributed by atoms with Crippen molar-refractivity contribution in [3.05, 3.63) is 18.2 Å². The second kappa shape index (κ2) is 6.53. The van der Waals surface area contributed by atoms with Crippen LogP contribution in [0.1, 0.15) is 6.42 Å². The topological polar surface area (TPSA) is 103 Å². The van der Waals surface area contributed by atoms with Crippen LogP contribution in [0.25, 0.3) is 0 Å². The van der Waals surface area contributed by atoms with E-state index < -0.39 is 9.84 Å². The highest BCUT2D eigenvalue weighted by molar-refractivity contribution is 7.91. The molecule has 1 aromatic carbocycles. The van der Waals surface area contributed by atoms with Crippen LogP contribution in [-0.2, 0) is 9.84 Å². The van der Waals surface area contributed by atoms with Gasteiger partial charge in [0.15, 0.2) is 21.3 Å². The first-order chi connectivity index (χ1) is 11.0. The maximum absolute atomic E-state index is 11.7. The number of carbonyl (C=O) groups excluding carboxylic acids is 1. The monoisotopic (exact) mass is 342 g/mol. The second-order valence-corrected chi connectivity index (χ2v) is 7.59. The largest absolute Gasteiger partial charge is 0.492 e. The molecule has 2 heterocycles. The first-order valence-corrected chi connectivity index (χ1v) is 9.11. The Kier molecular flexibility index (Phi) is 4.46. The molecule has 1 fully saturated rings. The highest BCUT2D eigenvalue weighted by Crippen LogP contribution is 2.34. The van der Waals surface area contributed by atoms with Crippen molar-refractivity contribution in [3.63, 3.8) is 0 Å². The van der Waals surface area contributed by atoms with Crippen LogP contribution < -0.4 is 24.8 Å². The molecule has 1 aromatic rings. The van der Waals surface area contributed by atoms with E-state index >= 15 is 0 Å². The zero-order valence-corrected chi connectivity index (χ0v) is 13.2. The number of nitrogens with one attached hydrogen (secondary N) is 2. The van der Waals surface area contributed by atoms with Gasteiger partial charge in [0, 0.05) is 12.1 Å². The van der Waals surface area contributed by atoms with E-state index in [2.05, 4.69) is 10.6 Å². The summed E-state index contributed by atoms with van der Waals surface area (Å²) in [5.41, 5.74) is 0. The zero-order valence-electron chi connectivity index (χ0n) is 12.4. The van der Waals surface area contributed by atoms with E-state index in [0.717, 1.165) is 0 Å². The SMILES string of the molecule is O=C(NCCOc1ccc2c(c1)OCO2)N[C@@H]1CCS(=O)(=O)C1. The third-order valence-electron chi connectivity index (χ3n) is 3.57. The summed E-state index contributed by atoms with van der Waals surface area (Å²) >= 11 is 0. The van der Waals surface area contributed by atoms with Crippen molar-refractivity contribution in [2.24, 2.45) is 0 Å². The van der Waals surface area contributed by atoms with E-state index in [4.69, 9.17) is 14.2 Å². The van der Waals surface area contributed by atoms with Crippen molar-refractivity contribution < 1.29 is 27.4 Å². The molecule has 2 amide bonds. The lowest BCUT2D eigenvalue weighted by molar-refractivity contribution is 0.173. The van der Waals surface area contributed by atoms with Crippen LogP contribution in [-0.4, -0.2) is 51.9 Å². The van der Waals surface area contributed by atoms with Gasteiger partial charge in [0.05, 0.1) is 18.1 Å². The normalized spacial score (nSPS) is 21.0. The highest BCUT2D eigenvalue weighted by atomic mass is 32.2. The summed E-state index contributed by atoms with van der Waals surface area (Å²) in [5, 5.41) is 5.28. The van der Waals surface area contributed by atoms with Crippen molar-refractivity contribution in [1.29, 1.82) is 0 Å². The molecular formula is C14H18N2O6S. The van der Waals surface area contributed by atoms with E-state index in [0.29, 0.717) is 30.2 Å². The van der Waals surface area contributed by atoms with Crippen LogP contribution in [0.3, 0.4) is 0 Å². The molecule has 0 radical (unpaired) electrons. The number of benzene rings is 1. The molecule has 1 saturated heterocycles. The molecule has 8 nitrogen and oxygen atoms in total. The van der Waals surface area contributed by atoms with Gasteiger partial charge >= 0.3 is 6.03 Å². The first-order valence-electron chi connectivity index (χ1n) is 7.29. The maximum Gasteiger partial charge on any atom is 0.315 e. The van der Waals surface area contributed by atoms with Gasteiger partial charge in [0.1, 0.15) is 12.4 Å². The minimum Gasteiger partial charge on any atom is -0.492 e. The van der Waals surface area contributed by atoms with Crippen molar-refractivity contribution in [2.75, 3.05) is 31.5 Å². The molecule has 0 spiro atoms. The van der Waals surface area contributed by atoms with Gasteiger partial charge in [-0.05, 0) is 18.6 Å². The van der Waals surface area contributed by atoms with Gasteiger partial charge < -0.3 is 24.8 Å². The highest BCUT2D eigenvalue weighted by Gasteiger charge is 2.28. The number of carbonyl (C=O) groups is 1. The third-order valence-corrected chi connectivity index (χ3v) is 5.34. The number of amides is 2. The molecule has 0 aromatic heterocycles. The Balaban J connectivity index is 1.36. The summed E-state index contributed by atoms with van der Waals surface area (Å²) in [5.74, 6) is 2.08. The molecule has 2 aliphatic rings. The fraction of sp³-hybridized carbons (Fsp3) is 0.500. The quantitative estimate of drug-likeness (QED) is 0.745. The van der Waals surface area contributed by atoms with E-state index in [1.54, 1.807) is 18.2 Å². The first kappa shape index (κ1) is 15.7. The molecule has 0 saturated carbocycles. The third kappa shape index (κ3) is 4.19. The summed E-state index contributed by atoms with van der Waals surface area (Å²) in [7, 11) is -3.00. The number of rotatable bonds is 5. The van der Waals surface area contributed by atoms with Crippen LogP contribution in [0.4, 0.5) is 4.79 Å². The van der Waals surface area contributed by atoms with Crippen LogP contribution in [0.15, 0.2) is 18.2 Å². The van der Waals surface area contributed by atoms with Gasteiger partial charge in [-0.2, -0.15) is 0 Å². The molecule has 9 heteroatoms. The van der Waals surface area contributed by atoms with E-state index in [1.165, 1.54) is 0 Å². The van der Waals surface area contributed by atoms with Crippen molar-refractivity contribution in [3.8, 4) is 17.2 Å². The number of hydrogen-bond acceptors (Lipinski definition) is 6. The van der Waals surface area contributed by atoms with Gasteiger partial charge in [-0.3, -0.25) is 0 Å². The Morgan fingerprint density at radius 3 is 2.91 bits per heavy atom. The average molecular weight is 342 g/mol. The number of sulfone groups is 1. The Hall–Kier alpha value is -2.16. The number of ether oxygens (including phenoxy) is 3. The average Bonchev–Trinajstić information content (AvgIpc) is 3.09. The fourth-order valence-electron chi connectivity index (χ4n) is 2.45. The van der Waals surface area contributed by atoms with E-state index in [1.807, 2.05) is 0 Å². The van der Waals surface area contributed by atoms with Crippen LogP contribution in [0, 0.1) is 0 Å². The van der Waals surface area contributed by atoms with Crippen LogP contribution in [0.5, 0.6) is 17.2 Å². The molecule has 0 unspecified atom stereocenters. The lowest BCUT2D eigenvalue weighted by atomic mass is 10.3. The van der Waals surface area contributed by atoms with E-state index in [9.17, 15) is 13.2 Å². The number of fused-ring (bicyclic) bond motifs is 1. The molecule has 2 N–H and O–H groups in total. The minimum atomic E-state index is -3.00. The molecule has 3 rings (SSSR count). The fourth-order valence-corrected chi connectivity index (χ4v) is 4.12. The van der Waals surface area contributed by atoms with Gasteiger partial charge in [-0.25, -0.2) is 13.2 Å². The summed E-state index contributed by atoms with van der Waals surface area (Å²) in [6.45, 7) is 0.799. The van der Waals surface area contributed by atoms with Crippen LogP contribution in [0.2, 0.25) is 0 Å². The molecule has 23 heavy (non-hydrogen) atoms. The van der Waals surface area contributed by atoms with Crippen LogP contribution >= 0.6 is 0 Å². The lowest BCUT2D eigenvalue weighted by Crippen LogP contribution is -2.43.